The van der Waals surface area contributed by atoms with Gasteiger partial charge in [0.1, 0.15) is 11.5 Å². The quantitative estimate of drug-likeness (QED) is 0.648. The molecule has 3 aromatic rings. The first-order chi connectivity index (χ1) is 14.5. The van der Waals surface area contributed by atoms with Gasteiger partial charge in [0.15, 0.2) is 5.76 Å². The van der Waals surface area contributed by atoms with E-state index in [0.717, 1.165) is 11.4 Å². The molecule has 30 heavy (non-hydrogen) atoms. The molecule has 2 aromatic heterocycles. The Morgan fingerprint density at radius 1 is 1.10 bits per heavy atom. The van der Waals surface area contributed by atoms with E-state index in [1.807, 2.05) is 43.3 Å². The number of ether oxygens (including phenoxy) is 1. The first kappa shape index (κ1) is 19.9. The van der Waals surface area contributed by atoms with Crippen LogP contribution in [0, 0.1) is 6.92 Å². The van der Waals surface area contributed by atoms with Gasteiger partial charge in [-0.1, -0.05) is 18.2 Å². The van der Waals surface area contributed by atoms with E-state index >= 15 is 0 Å². The number of hydrogen-bond acceptors (Lipinski definition) is 5. The van der Waals surface area contributed by atoms with Crippen molar-refractivity contribution in [2.75, 3.05) is 39.9 Å². The molecule has 0 N–H and O–H groups in total. The lowest BCUT2D eigenvalue weighted by Gasteiger charge is -2.28. The lowest BCUT2D eigenvalue weighted by Crippen LogP contribution is -2.46. The molecule has 0 unspecified atom stereocenters. The number of hydrogen-bond donors (Lipinski definition) is 0. The van der Waals surface area contributed by atoms with Gasteiger partial charge in [-0.05, 0) is 31.2 Å². The fourth-order valence-electron chi connectivity index (χ4n) is 3.38. The average Bonchev–Trinajstić information content (AvgIpc) is 3.41. The minimum atomic E-state index is -0.289. The fraction of sp³-hybridized carbons (Fsp3) is 0.318. The number of likely N-dealkylation sites (N-methyl/N-ethyl adjacent to an activating group) is 1. The van der Waals surface area contributed by atoms with Crippen LogP contribution in [0.3, 0.4) is 0 Å². The van der Waals surface area contributed by atoms with Gasteiger partial charge >= 0.3 is 0 Å². The SMILES string of the molecule is Cc1ccc(-c2nn(-c3ccccc3)cc2C(=O)N(C)CC(=O)N2CCOCC2)o1. The summed E-state index contributed by atoms with van der Waals surface area (Å²) in [4.78, 5) is 29.0. The molecule has 8 heteroatoms. The van der Waals surface area contributed by atoms with Crippen LogP contribution in [0.15, 0.2) is 53.1 Å². The third-order valence-electron chi connectivity index (χ3n) is 5.02. The molecule has 1 aromatic carbocycles. The van der Waals surface area contributed by atoms with Crippen molar-refractivity contribution in [1.29, 1.82) is 0 Å². The Hall–Kier alpha value is -3.39. The summed E-state index contributed by atoms with van der Waals surface area (Å²) in [5, 5.41) is 4.60. The van der Waals surface area contributed by atoms with Crippen LogP contribution in [0.5, 0.6) is 0 Å². The summed E-state index contributed by atoms with van der Waals surface area (Å²) in [6, 6.07) is 13.2. The molecular weight excluding hydrogens is 384 g/mol. The van der Waals surface area contributed by atoms with E-state index in [-0.39, 0.29) is 18.4 Å². The molecule has 1 aliphatic rings. The van der Waals surface area contributed by atoms with E-state index in [9.17, 15) is 9.59 Å². The van der Waals surface area contributed by atoms with E-state index in [4.69, 9.17) is 9.15 Å². The van der Waals surface area contributed by atoms with Gasteiger partial charge in [0.25, 0.3) is 5.91 Å². The van der Waals surface area contributed by atoms with Gasteiger partial charge in [0.2, 0.25) is 5.91 Å². The molecule has 156 valence electrons. The molecule has 1 aliphatic heterocycles. The number of benzene rings is 1. The summed E-state index contributed by atoms with van der Waals surface area (Å²) < 4.78 is 12.7. The maximum atomic E-state index is 13.2. The van der Waals surface area contributed by atoms with Crippen LogP contribution >= 0.6 is 0 Å². The standard InChI is InChI=1S/C22H24N4O4/c1-16-8-9-19(30-16)21-18(14-26(23-21)17-6-4-3-5-7-17)22(28)24(2)15-20(27)25-10-12-29-13-11-25/h3-9,14H,10-13,15H2,1-2H3. The second kappa shape index (κ2) is 8.54. The molecule has 1 fully saturated rings. The van der Waals surface area contributed by atoms with E-state index in [1.165, 1.54) is 4.90 Å². The van der Waals surface area contributed by atoms with Crippen LogP contribution in [0.2, 0.25) is 0 Å². The minimum absolute atomic E-state index is 0.00796. The second-order valence-electron chi connectivity index (χ2n) is 7.24. The Balaban J connectivity index is 1.61. The first-order valence-electron chi connectivity index (χ1n) is 9.86. The Labute approximate surface area is 174 Å². The minimum Gasteiger partial charge on any atom is -0.460 e. The number of morpholine rings is 1. The number of nitrogens with zero attached hydrogens (tertiary/aromatic N) is 4. The molecule has 0 aliphatic carbocycles. The molecule has 8 nitrogen and oxygen atoms in total. The molecule has 0 spiro atoms. The van der Waals surface area contributed by atoms with Gasteiger partial charge in [0.05, 0.1) is 31.0 Å². The van der Waals surface area contributed by atoms with Crippen LogP contribution in [0.1, 0.15) is 16.1 Å². The van der Waals surface area contributed by atoms with Crippen molar-refractivity contribution in [3.05, 3.63) is 60.0 Å². The van der Waals surface area contributed by atoms with Crippen LogP contribution < -0.4 is 0 Å². The number of carbonyl (C=O) groups is 2. The summed E-state index contributed by atoms with van der Waals surface area (Å²) in [5.41, 5.74) is 1.65. The van der Waals surface area contributed by atoms with Crippen LogP contribution in [0.25, 0.3) is 17.1 Å². The number of carbonyl (C=O) groups excluding carboxylic acids is 2. The predicted octanol–water partition coefficient (Wildman–Crippen LogP) is 2.37. The molecule has 1 saturated heterocycles. The third kappa shape index (κ3) is 4.13. The largest absolute Gasteiger partial charge is 0.460 e. The molecule has 0 bridgehead atoms. The highest BCUT2D eigenvalue weighted by Crippen LogP contribution is 2.26. The summed E-state index contributed by atoms with van der Waals surface area (Å²) in [5.74, 6) is 0.856. The Bertz CT molecular complexity index is 1030. The van der Waals surface area contributed by atoms with Gasteiger partial charge in [-0.25, -0.2) is 4.68 Å². The molecule has 2 amide bonds. The van der Waals surface area contributed by atoms with Crippen LogP contribution in [-0.4, -0.2) is 71.3 Å². The fourth-order valence-corrected chi connectivity index (χ4v) is 3.38. The normalized spacial score (nSPS) is 14.0. The summed E-state index contributed by atoms with van der Waals surface area (Å²) in [7, 11) is 1.62. The van der Waals surface area contributed by atoms with Gasteiger partial charge in [-0.15, -0.1) is 0 Å². The lowest BCUT2D eigenvalue weighted by atomic mass is 10.2. The maximum Gasteiger partial charge on any atom is 0.258 e. The topological polar surface area (TPSA) is 80.8 Å². The number of para-hydroxylation sites is 1. The summed E-state index contributed by atoms with van der Waals surface area (Å²) in [6.07, 6.45) is 1.68. The smallest absolute Gasteiger partial charge is 0.258 e. The molecule has 4 rings (SSSR count). The third-order valence-corrected chi connectivity index (χ3v) is 5.02. The van der Waals surface area contributed by atoms with Gasteiger partial charge < -0.3 is 19.0 Å². The summed E-state index contributed by atoms with van der Waals surface area (Å²) >= 11 is 0. The van der Waals surface area contributed by atoms with Crippen LogP contribution in [0.4, 0.5) is 0 Å². The van der Waals surface area contributed by atoms with Gasteiger partial charge in [-0.2, -0.15) is 5.10 Å². The molecule has 0 radical (unpaired) electrons. The number of aromatic nitrogens is 2. The zero-order valence-electron chi connectivity index (χ0n) is 17.1. The van der Waals surface area contributed by atoms with Crippen molar-refractivity contribution < 1.29 is 18.7 Å². The van der Waals surface area contributed by atoms with Crippen molar-refractivity contribution in [2.45, 2.75) is 6.92 Å². The number of rotatable bonds is 5. The highest BCUT2D eigenvalue weighted by atomic mass is 16.5. The number of furan rings is 1. The van der Waals surface area contributed by atoms with Crippen molar-refractivity contribution >= 4 is 11.8 Å². The van der Waals surface area contributed by atoms with Crippen LogP contribution in [-0.2, 0) is 9.53 Å². The monoisotopic (exact) mass is 408 g/mol. The Morgan fingerprint density at radius 2 is 1.83 bits per heavy atom. The molecule has 0 saturated carbocycles. The van der Waals surface area contributed by atoms with Crippen molar-refractivity contribution in [3.63, 3.8) is 0 Å². The zero-order chi connectivity index (χ0) is 21.1. The highest BCUT2D eigenvalue weighted by Gasteiger charge is 2.26. The van der Waals surface area contributed by atoms with E-state index < -0.39 is 0 Å². The van der Waals surface area contributed by atoms with Gasteiger partial charge in [-0.3, -0.25) is 9.59 Å². The van der Waals surface area contributed by atoms with Crippen molar-refractivity contribution in [1.82, 2.24) is 19.6 Å². The first-order valence-corrected chi connectivity index (χ1v) is 9.86. The van der Waals surface area contributed by atoms with E-state index in [2.05, 4.69) is 5.10 Å². The maximum absolute atomic E-state index is 13.2. The second-order valence-corrected chi connectivity index (χ2v) is 7.24. The number of aryl methyl sites for hydroxylation is 1. The zero-order valence-corrected chi connectivity index (χ0v) is 17.1. The van der Waals surface area contributed by atoms with Gasteiger partial charge in [0, 0.05) is 26.3 Å². The van der Waals surface area contributed by atoms with E-state index in [1.54, 1.807) is 28.9 Å². The van der Waals surface area contributed by atoms with E-state index in [0.29, 0.717) is 43.3 Å². The molecule has 3 heterocycles. The highest BCUT2D eigenvalue weighted by molar-refractivity contribution is 6.00. The Kier molecular flexibility index (Phi) is 5.67. The predicted molar refractivity (Wildman–Crippen MR) is 110 cm³/mol. The average molecular weight is 408 g/mol. The molecule has 0 atom stereocenters. The summed E-state index contributed by atoms with van der Waals surface area (Å²) in [6.45, 7) is 3.97. The molecular formula is C22H24N4O4. The van der Waals surface area contributed by atoms with Crippen molar-refractivity contribution in [2.24, 2.45) is 0 Å². The lowest BCUT2D eigenvalue weighted by molar-refractivity contribution is -0.135. The number of amides is 2. The Morgan fingerprint density at radius 3 is 2.50 bits per heavy atom. The van der Waals surface area contributed by atoms with Crippen molar-refractivity contribution in [3.8, 4) is 17.1 Å².